The molecule has 0 atom stereocenters. The number of ether oxygens (including phenoxy) is 1. The Morgan fingerprint density at radius 1 is 1.20 bits per heavy atom. The van der Waals surface area contributed by atoms with Crippen molar-refractivity contribution in [3.8, 4) is 5.75 Å². The standard InChI is InChI=1S/C17H24N2O/c1-12(2)17(3,4)11-19-16-14-7-6-8-15(20-5)13(14)9-10-18-16/h6-10,12H,11H2,1-5H3,(H,18,19). The first-order valence-corrected chi connectivity index (χ1v) is 7.11. The van der Waals surface area contributed by atoms with Crippen molar-refractivity contribution in [3.05, 3.63) is 30.5 Å². The lowest BCUT2D eigenvalue weighted by Crippen LogP contribution is -2.28. The number of aromatic nitrogens is 1. The van der Waals surface area contributed by atoms with Gasteiger partial charge in [-0.2, -0.15) is 0 Å². The van der Waals surface area contributed by atoms with Gasteiger partial charge in [0.2, 0.25) is 0 Å². The molecule has 0 aliphatic carbocycles. The molecule has 3 nitrogen and oxygen atoms in total. The molecule has 0 saturated carbocycles. The van der Waals surface area contributed by atoms with E-state index in [1.54, 1.807) is 7.11 Å². The predicted octanol–water partition coefficient (Wildman–Crippen LogP) is 4.34. The van der Waals surface area contributed by atoms with Gasteiger partial charge in [-0.25, -0.2) is 4.98 Å². The molecule has 1 N–H and O–H groups in total. The fraction of sp³-hybridized carbons (Fsp3) is 0.471. The Labute approximate surface area is 121 Å². The van der Waals surface area contributed by atoms with Crippen LogP contribution in [-0.4, -0.2) is 18.6 Å². The summed E-state index contributed by atoms with van der Waals surface area (Å²) in [6.07, 6.45) is 1.83. The summed E-state index contributed by atoms with van der Waals surface area (Å²) in [5, 5.41) is 5.69. The smallest absolute Gasteiger partial charge is 0.133 e. The molecule has 0 amide bonds. The van der Waals surface area contributed by atoms with E-state index >= 15 is 0 Å². The first kappa shape index (κ1) is 14.6. The average molecular weight is 272 g/mol. The number of benzene rings is 1. The van der Waals surface area contributed by atoms with Crippen molar-refractivity contribution in [3.63, 3.8) is 0 Å². The molecule has 3 heteroatoms. The number of rotatable bonds is 5. The van der Waals surface area contributed by atoms with Crippen LogP contribution in [0.5, 0.6) is 5.75 Å². The van der Waals surface area contributed by atoms with Gasteiger partial charge in [-0.1, -0.05) is 39.8 Å². The predicted molar refractivity (Wildman–Crippen MR) is 85.4 cm³/mol. The summed E-state index contributed by atoms with van der Waals surface area (Å²) in [5.41, 5.74) is 0.225. The highest BCUT2D eigenvalue weighted by Crippen LogP contribution is 2.31. The topological polar surface area (TPSA) is 34.1 Å². The largest absolute Gasteiger partial charge is 0.496 e. The van der Waals surface area contributed by atoms with Crippen LogP contribution < -0.4 is 10.1 Å². The molecule has 0 fully saturated rings. The zero-order valence-electron chi connectivity index (χ0n) is 13.0. The number of pyridine rings is 1. The number of methoxy groups -OCH3 is 1. The van der Waals surface area contributed by atoms with Crippen molar-refractivity contribution in [2.75, 3.05) is 19.0 Å². The molecule has 1 aromatic carbocycles. The van der Waals surface area contributed by atoms with Crippen LogP contribution in [0.2, 0.25) is 0 Å². The zero-order chi connectivity index (χ0) is 14.8. The highest BCUT2D eigenvalue weighted by Gasteiger charge is 2.22. The lowest BCUT2D eigenvalue weighted by Gasteiger charge is -2.29. The summed E-state index contributed by atoms with van der Waals surface area (Å²) in [6.45, 7) is 9.95. The van der Waals surface area contributed by atoms with Crippen molar-refractivity contribution in [2.45, 2.75) is 27.7 Å². The second-order valence-electron chi connectivity index (χ2n) is 6.21. The number of nitrogens with one attached hydrogen (secondary N) is 1. The van der Waals surface area contributed by atoms with Gasteiger partial charge in [0.05, 0.1) is 7.11 Å². The SMILES string of the molecule is COc1cccc2c(NCC(C)(C)C(C)C)nccc12. The average Bonchev–Trinajstić information content (AvgIpc) is 2.44. The molecule has 2 aromatic rings. The molecule has 20 heavy (non-hydrogen) atoms. The third kappa shape index (κ3) is 2.87. The third-order valence-corrected chi connectivity index (χ3v) is 4.26. The molecule has 108 valence electrons. The van der Waals surface area contributed by atoms with E-state index in [-0.39, 0.29) is 5.41 Å². The zero-order valence-corrected chi connectivity index (χ0v) is 13.0. The van der Waals surface area contributed by atoms with Crippen molar-refractivity contribution < 1.29 is 4.74 Å². The van der Waals surface area contributed by atoms with Gasteiger partial charge in [-0.05, 0) is 23.5 Å². The van der Waals surface area contributed by atoms with Crippen LogP contribution in [0.15, 0.2) is 30.5 Å². The van der Waals surface area contributed by atoms with Gasteiger partial charge >= 0.3 is 0 Å². The number of hydrogen-bond donors (Lipinski definition) is 1. The van der Waals surface area contributed by atoms with Crippen LogP contribution in [0.1, 0.15) is 27.7 Å². The van der Waals surface area contributed by atoms with Gasteiger partial charge in [-0.15, -0.1) is 0 Å². The molecule has 0 spiro atoms. The van der Waals surface area contributed by atoms with Gasteiger partial charge in [0, 0.05) is 23.5 Å². The highest BCUT2D eigenvalue weighted by atomic mass is 16.5. The molecular weight excluding hydrogens is 248 g/mol. The maximum absolute atomic E-state index is 5.41. The molecule has 2 rings (SSSR count). The Balaban J connectivity index is 2.32. The van der Waals surface area contributed by atoms with E-state index in [4.69, 9.17) is 4.74 Å². The monoisotopic (exact) mass is 272 g/mol. The van der Waals surface area contributed by atoms with E-state index in [1.165, 1.54) is 0 Å². The van der Waals surface area contributed by atoms with E-state index in [9.17, 15) is 0 Å². The minimum absolute atomic E-state index is 0.225. The lowest BCUT2D eigenvalue weighted by molar-refractivity contribution is 0.269. The Bertz CT molecular complexity index is 591. The summed E-state index contributed by atoms with van der Waals surface area (Å²) in [6, 6.07) is 8.05. The van der Waals surface area contributed by atoms with E-state index in [0.717, 1.165) is 28.9 Å². The Hall–Kier alpha value is -1.77. The molecule has 1 heterocycles. The van der Waals surface area contributed by atoms with E-state index in [2.05, 4.69) is 44.1 Å². The molecular formula is C17H24N2O. The quantitative estimate of drug-likeness (QED) is 0.879. The number of hydrogen-bond acceptors (Lipinski definition) is 3. The molecule has 0 radical (unpaired) electrons. The summed E-state index contributed by atoms with van der Waals surface area (Å²) in [4.78, 5) is 4.48. The maximum atomic E-state index is 5.41. The van der Waals surface area contributed by atoms with Crippen LogP contribution in [0.3, 0.4) is 0 Å². The molecule has 0 aliphatic heterocycles. The number of anilines is 1. The fourth-order valence-electron chi connectivity index (χ4n) is 2.01. The first-order valence-electron chi connectivity index (χ1n) is 7.11. The van der Waals surface area contributed by atoms with Crippen LogP contribution in [0.4, 0.5) is 5.82 Å². The minimum atomic E-state index is 0.225. The van der Waals surface area contributed by atoms with Gasteiger partial charge in [0.25, 0.3) is 0 Å². The highest BCUT2D eigenvalue weighted by molar-refractivity contribution is 5.95. The van der Waals surface area contributed by atoms with Crippen molar-refractivity contribution in [2.24, 2.45) is 11.3 Å². The summed E-state index contributed by atoms with van der Waals surface area (Å²) in [7, 11) is 1.70. The van der Waals surface area contributed by atoms with Crippen LogP contribution in [0, 0.1) is 11.3 Å². The molecule has 1 aromatic heterocycles. The van der Waals surface area contributed by atoms with Crippen LogP contribution >= 0.6 is 0 Å². The van der Waals surface area contributed by atoms with Gasteiger partial charge in [-0.3, -0.25) is 0 Å². The van der Waals surface area contributed by atoms with Gasteiger partial charge in [0.15, 0.2) is 0 Å². The van der Waals surface area contributed by atoms with E-state index in [0.29, 0.717) is 5.92 Å². The first-order chi connectivity index (χ1) is 9.45. The minimum Gasteiger partial charge on any atom is -0.496 e. The second kappa shape index (κ2) is 5.70. The van der Waals surface area contributed by atoms with Gasteiger partial charge < -0.3 is 10.1 Å². The molecule has 0 unspecified atom stereocenters. The van der Waals surface area contributed by atoms with Crippen molar-refractivity contribution >= 4 is 16.6 Å². The lowest BCUT2D eigenvalue weighted by atomic mass is 9.81. The van der Waals surface area contributed by atoms with E-state index in [1.807, 2.05) is 24.4 Å². The van der Waals surface area contributed by atoms with Crippen molar-refractivity contribution in [1.82, 2.24) is 4.98 Å². The maximum Gasteiger partial charge on any atom is 0.133 e. The second-order valence-corrected chi connectivity index (χ2v) is 6.21. The molecule has 0 bridgehead atoms. The fourth-order valence-corrected chi connectivity index (χ4v) is 2.01. The molecule has 0 saturated heterocycles. The van der Waals surface area contributed by atoms with Crippen LogP contribution in [0.25, 0.3) is 10.8 Å². The van der Waals surface area contributed by atoms with E-state index < -0.39 is 0 Å². The molecule has 0 aliphatic rings. The summed E-state index contributed by atoms with van der Waals surface area (Å²) < 4.78 is 5.41. The number of fused-ring (bicyclic) bond motifs is 1. The Morgan fingerprint density at radius 3 is 2.60 bits per heavy atom. The number of nitrogens with zero attached hydrogens (tertiary/aromatic N) is 1. The Morgan fingerprint density at radius 2 is 1.95 bits per heavy atom. The van der Waals surface area contributed by atoms with Gasteiger partial charge in [0.1, 0.15) is 11.6 Å². The summed E-state index contributed by atoms with van der Waals surface area (Å²) in [5.74, 6) is 2.42. The van der Waals surface area contributed by atoms with Crippen LogP contribution in [-0.2, 0) is 0 Å². The summed E-state index contributed by atoms with van der Waals surface area (Å²) >= 11 is 0. The third-order valence-electron chi connectivity index (χ3n) is 4.26. The Kier molecular flexibility index (Phi) is 4.17. The normalized spacial score (nSPS) is 11.9. The van der Waals surface area contributed by atoms with Crippen molar-refractivity contribution in [1.29, 1.82) is 0 Å².